The molecular weight excluding hydrogens is 286 g/mol. The Hall–Kier alpha value is -2.39. The van der Waals surface area contributed by atoms with Crippen LogP contribution in [0.4, 0.5) is 0 Å². The number of esters is 1. The van der Waals surface area contributed by atoms with Crippen LogP contribution in [0, 0.1) is 0 Å². The maximum absolute atomic E-state index is 11.4. The summed E-state index contributed by atoms with van der Waals surface area (Å²) in [5, 5.41) is 3.51. The highest BCUT2D eigenvalue weighted by molar-refractivity contribution is 5.89. The Morgan fingerprint density at radius 2 is 1.61 bits per heavy atom. The van der Waals surface area contributed by atoms with Crippen molar-refractivity contribution >= 4 is 18.1 Å². The fourth-order valence-corrected chi connectivity index (χ4v) is 2.34. The number of benzene rings is 2. The van der Waals surface area contributed by atoms with Crippen LogP contribution in [-0.4, -0.2) is 19.1 Å². The van der Waals surface area contributed by atoms with E-state index >= 15 is 0 Å². The Bertz CT molecular complexity index is 683. The molecular formula is C20H21NO2. The van der Waals surface area contributed by atoms with Gasteiger partial charge in [-0.1, -0.05) is 48.6 Å². The Labute approximate surface area is 137 Å². The molecule has 0 spiro atoms. The Morgan fingerprint density at radius 1 is 1.04 bits per heavy atom. The molecule has 3 heteroatoms. The lowest BCUT2D eigenvalue weighted by Crippen LogP contribution is -2.14. The van der Waals surface area contributed by atoms with Crippen LogP contribution in [0.15, 0.2) is 48.5 Å². The minimum absolute atomic E-state index is 0.309. The van der Waals surface area contributed by atoms with Crippen molar-refractivity contribution in [3.8, 4) is 0 Å². The second-order valence-electron chi connectivity index (χ2n) is 5.84. The van der Waals surface area contributed by atoms with E-state index in [0.29, 0.717) is 5.56 Å². The predicted octanol–water partition coefficient (Wildman–Crippen LogP) is 3.90. The standard InChI is InChI=1S/C20H21NO2/c1-23-20(22)18-10-8-16(9-11-18)3-2-15-4-6-17(7-5-15)14-21-19-12-13-19/h2-11,19,21H,12-14H2,1H3/b3-2+. The average molecular weight is 307 g/mol. The summed E-state index contributed by atoms with van der Waals surface area (Å²) in [6.45, 7) is 0.948. The van der Waals surface area contributed by atoms with Crippen LogP contribution in [0.3, 0.4) is 0 Å². The van der Waals surface area contributed by atoms with Crippen molar-refractivity contribution in [2.75, 3.05) is 7.11 Å². The van der Waals surface area contributed by atoms with E-state index < -0.39 is 0 Å². The van der Waals surface area contributed by atoms with Gasteiger partial charge in [-0.15, -0.1) is 0 Å². The van der Waals surface area contributed by atoms with Gasteiger partial charge in [-0.2, -0.15) is 0 Å². The van der Waals surface area contributed by atoms with Crippen LogP contribution in [-0.2, 0) is 11.3 Å². The Kier molecular flexibility index (Phi) is 4.89. The van der Waals surface area contributed by atoms with Crippen molar-refractivity contribution in [3.05, 3.63) is 70.8 Å². The van der Waals surface area contributed by atoms with Crippen molar-refractivity contribution in [1.82, 2.24) is 5.32 Å². The molecule has 0 heterocycles. The lowest BCUT2D eigenvalue weighted by Gasteiger charge is -2.03. The summed E-state index contributed by atoms with van der Waals surface area (Å²) < 4.78 is 4.69. The maximum atomic E-state index is 11.4. The van der Waals surface area contributed by atoms with Gasteiger partial charge in [-0.25, -0.2) is 4.79 Å². The SMILES string of the molecule is COC(=O)c1ccc(/C=C/c2ccc(CNC3CC3)cc2)cc1. The summed E-state index contributed by atoms with van der Waals surface area (Å²) in [7, 11) is 1.39. The van der Waals surface area contributed by atoms with Gasteiger partial charge in [-0.05, 0) is 41.7 Å². The highest BCUT2D eigenvalue weighted by Gasteiger charge is 2.19. The van der Waals surface area contributed by atoms with E-state index in [2.05, 4.69) is 35.7 Å². The average Bonchev–Trinajstić information content (AvgIpc) is 3.43. The molecule has 1 saturated carbocycles. The van der Waals surface area contributed by atoms with Crippen LogP contribution < -0.4 is 5.32 Å². The molecule has 23 heavy (non-hydrogen) atoms. The van der Waals surface area contributed by atoms with Crippen molar-refractivity contribution < 1.29 is 9.53 Å². The van der Waals surface area contributed by atoms with E-state index in [4.69, 9.17) is 4.74 Å². The molecule has 0 unspecified atom stereocenters. The summed E-state index contributed by atoms with van der Waals surface area (Å²) in [6, 6.07) is 16.7. The molecule has 0 amide bonds. The predicted molar refractivity (Wildman–Crippen MR) is 93.0 cm³/mol. The van der Waals surface area contributed by atoms with Gasteiger partial charge in [-0.3, -0.25) is 0 Å². The monoisotopic (exact) mass is 307 g/mol. The molecule has 1 fully saturated rings. The number of nitrogens with one attached hydrogen (secondary N) is 1. The van der Waals surface area contributed by atoms with E-state index in [-0.39, 0.29) is 5.97 Å². The lowest BCUT2D eigenvalue weighted by atomic mass is 10.1. The molecule has 0 saturated heterocycles. The molecule has 118 valence electrons. The van der Waals surface area contributed by atoms with Crippen molar-refractivity contribution in [2.45, 2.75) is 25.4 Å². The van der Waals surface area contributed by atoms with Gasteiger partial charge in [0.2, 0.25) is 0 Å². The zero-order valence-electron chi connectivity index (χ0n) is 13.3. The topological polar surface area (TPSA) is 38.3 Å². The Balaban J connectivity index is 1.59. The molecule has 3 nitrogen and oxygen atoms in total. The van der Waals surface area contributed by atoms with E-state index in [1.54, 1.807) is 12.1 Å². The third-order valence-electron chi connectivity index (χ3n) is 3.95. The fraction of sp³-hybridized carbons (Fsp3) is 0.250. The fourth-order valence-electron chi connectivity index (χ4n) is 2.34. The number of ether oxygens (including phenoxy) is 1. The Morgan fingerprint density at radius 3 is 2.13 bits per heavy atom. The largest absolute Gasteiger partial charge is 0.465 e. The summed E-state index contributed by atoms with van der Waals surface area (Å²) >= 11 is 0. The van der Waals surface area contributed by atoms with E-state index in [1.165, 1.54) is 25.5 Å². The second kappa shape index (κ2) is 7.25. The highest BCUT2D eigenvalue weighted by Crippen LogP contribution is 2.19. The summed E-state index contributed by atoms with van der Waals surface area (Å²) in [6.07, 6.45) is 6.74. The zero-order valence-corrected chi connectivity index (χ0v) is 13.3. The van der Waals surface area contributed by atoms with Crippen LogP contribution >= 0.6 is 0 Å². The van der Waals surface area contributed by atoms with Gasteiger partial charge in [0.05, 0.1) is 12.7 Å². The first-order valence-corrected chi connectivity index (χ1v) is 7.93. The molecule has 0 aliphatic heterocycles. The van der Waals surface area contributed by atoms with Gasteiger partial charge in [0, 0.05) is 12.6 Å². The molecule has 0 atom stereocenters. The first kappa shape index (κ1) is 15.5. The zero-order chi connectivity index (χ0) is 16.1. The molecule has 3 rings (SSSR count). The molecule has 2 aromatic rings. The van der Waals surface area contributed by atoms with Crippen LogP contribution in [0.5, 0.6) is 0 Å². The smallest absolute Gasteiger partial charge is 0.337 e. The quantitative estimate of drug-likeness (QED) is 0.650. The number of carbonyl (C=O) groups excluding carboxylic acids is 1. The molecule has 1 aliphatic carbocycles. The lowest BCUT2D eigenvalue weighted by molar-refractivity contribution is 0.0600. The van der Waals surface area contributed by atoms with E-state index in [0.717, 1.165) is 23.7 Å². The number of rotatable bonds is 6. The maximum Gasteiger partial charge on any atom is 0.337 e. The molecule has 0 radical (unpaired) electrons. The van der Waals surface area contributed by atoms with Gasteiger partial charge < -0.3 is 10.1 Å². The van der Waals surface area contributed by atoms with Gasteiger partial charge >= 0.3 is 5.97 Å². The normalized spacial score (nSPS) is 14.1. The number of methoxy groups -OCH3 is 1. The van der Waals surface area contributed by atoms with Crippen molar-refractivity contribution in [2.24, 2.45) is 0 Å². The molecule has 2 aromatic carbocycles. The minimum atomic E-state index is -0.309. The van der Waals surface area contributed by atoms with Crippen LogP contribution in [0.2, 0.25) is 0 Å². The summed E-state index contributed by atoms with van der Waals surface area (Å²) in [4.78, 5) is 11.4. The first-order chi connectivity index (χ1) is 11.2. The summed E-state index contributed by atoms with van der Waals surface area (Å²) in [5.41, 5.74) is 4.10. The van der Waals surface area contributed by atoms with E-state index in [1.807, 2.05) is 18.2 Å². The molecule has 0 bridgehead atoms. The third-order valence-corrected chi connectivity index (χ3v) is 3.95. The minimum Gasteiger partial charge on any atom is -0.465 e. The van der Waals surface area contributed by atoms with Crippen molar-refractivity contribution in [3.63, 3.8) is 0 Å². The first-order valence-electron chi connectivity index (χ1n) is 7.93. The van der Waals surface area contributed by atoms with E-state index in [9.17, 15) is 4.79 Å². The third kappa shape index (κ3) is 4.54. The second-order valence-corrected chi connectivity index (χ2v) is 5.84. The molecule has 1 aliphatic rings. The van der Waals surface area contributed by atoms with Crippen LogP contribution in [0.25, 0.3) is 12.2 Å². The van der Waals surface area contributed by atoms with Crippen molar-refractivity contribution in [1.29, 1.82) is 0 Å². The van der Waals surface area contributed by atoms with Gasteiger partial charge in [0.1, 0.15) is 0 Å². The molecule has 0 aromatic heterocycles. The molecule has 1 N–H and O–H groups in total. The number of hydrogen-bond acceptors (Lipinski definition) is 3. The summed E-state index contributed by atoms with van der Waals surface area (Å²) in [5.74, 6) is -0.309. The van der Waals surface area contributed by atoms with Crippen LogP contribution in [0.1, 0.15) is 39.9 Å². The number of carbonyl (C=O) groups is 1. The number of hydrogen-bond donors (Lipinski definition) is 1. The van der Waals surface area contributed by atoms with Gasteiger partial charge in [0.25, 0.3) is 0 Å². The highest BCUT2D eigenvalue weighted by atomic mass is 16.5. The van der Waals surface area contributed by atoms with Gasteiger partial charge in [0.15, 0.2) is 0 Å².